The molecule has 0 aliphatic carbocycles. The molecule has 1 aliphatic rings. The molecule has 6 amide bonds. The second-order valence-electron chi connectivity index (χ2n) is 19.2. The van der Waals surface area contributed by atoms with E-state index in [0.717, 1.165) is 50.9 Å². The fourth-order valence-electron chi connectivity index (χ4n) is 8.71. The van der Waals surface area contributed by atoms with Crippen molar-refractivity contribution in [2.75, 3.05) is 0 Å². The molecule has 10 bridgehead atoms. The summed E-state index contributed by atoms with van der Waals surface area (Å²) in [5, 5.41) is 44.1. The summed E-state index contributed by atoms with van der Waals surface area (Å²) < 4.78 is 0. The lowest BCUT2D eigenvalue weighted by Gasteiger charge is -2.26. The summed E-state index contributed by atoms with van der Waals surface area (Å²) in [7, 11) is 0. The number of carboxylic acids is 1. The molecule has 22 nitrogen and oxygen atoms in total. The largest absolute Gasteiger partial charge is 0.508 e. The second-order valence-corrected chi connectivity index (χ2v) is 24.8. The van der Waals surface area contributed by atoms with E-state index in [1.807, 2.05) is 49.6 Å². The van der Waals surface area contributed by atoms with E-state index in [4.69, 9.17) is 30.7 Å². The van der Waals surface area contributed by atoms with Gasteiger partial charge in [-0.2, -0.15) is 0 Å². The number of pyridine rings is 1. The van der Waals surface area contributed by atoms with Crippen LogP contribution in [0.15, 0.2) is 106 Å². The average molecular weight is 1240 g/mol. The van der Waals surface area contributed by atoms with Crippen molar-refractivity contribution in [3.05, 3.63) is 160 Å². The Hall–Kier alpha value is -8.80. The van der Waals surface area contributed by atoms with Crippen LogP contribution in [0.2, 0.25) is 0 Å². The standard InChI is InChI=1S/C56H49N13O9S6/c1-5-25(2)42-55-67-40(24-83-55)53-63-36(20-80-53)44-31(15-16-32(59-44)51-65-37(22-81-51)46(73)58-26(3)56(77)78)50-64-38(21-79-50)48(75)61-35(19-41(57)71)54-69-43(27(4)84-54)49(76)62-34(18-28-9-7-6-8-10-28)52-66-39(23-82-52)47(74)60-33(45(72)68-42)17-29-11-13-30(70)14-12-29/h6-16,20-25,33-35,42,70H,3,5,17-19H2,1-2,4H3,(H2,57,71)(H,58,73)(H,60,74)(H,61,75)(H,62,76)(H,68,72)(H,77,78). The monoisotopic (exact) mass is 1240 g/mol. The molecule has 8 heterocycles. The number of phenols is 1. The number of thiazole rings is 6. The van der Waals surface area contributed by atoms with Gasteiger partial charge in [-0.1, -0.05) is 69.3 Å². The van der Waals surface area contributed by atoms with Crippen LogP contribution < -0.4 is 32.3 Å². The summed E-state index contributed by atoms with van der Waals surface area (Å²) in [5.74, 6) is -5.46. The zero-order chi connectivity index (χ0) is 59.3. The topological polar surface area (TPSA) is 336 Å². The first-order chi connectivity index (χ1) is 40.4. The maximum Gasteiger partial charge on any atom is 0.351 e. The minimum Gasteiger partial charge on any atom is -0.508 e. The predicted octanol–water partition coefficient (Wildman–Crippen LogP) is 8.45. The first-order valence-corrected chi connectivity index (χ1v) is 30.9. The number of hydrogen-bond donors (Lipinski definition) is 8. The van der Waals surface area contributed by atoms with Crippen molar-refractivity contribution in [3.8, 4) is 49.1 Å². The predicted molar refractivity (Wildman–Crippen MR) is 320 cm³/mol. The zero-order valence-corrected chi connectivity index (χ0v) is 49.5. The summed E-state index contributed by atoms with van der Waals surface area (Å²) in [6.07, 6.45) is 0.578. The molecule has 0 saturated carbocycles. The van der Waals surface area contributed by atoms with Crippen molar-refractivity contribution in [2.45, 2.75) is 70.6 Å². The highest BCUT2D eigenvalue weighted by atomic mass is 32.1. The number of fused-ring (bicyclic) bond motifs is 14. The summed E-state index contributed by atoms with van der Waals surface area (Å²) in [4.78, 5) is 129. The Bertz CT molecular complexity index is 4000. The van der Waals surface area contributed by atoms with Crippen LogP contribution in [0.5, 0.6) is 5.75 Å². The van der Waals surface area contributed by atoms with E-state index in [1.165, 1.54) is 45.6 Å². The number of aliphatic carboxylic acids is 1. The number of nitrogens with zero attached hydrogens (tertiary/aromatic N) is 7. The maximum atomic E-state index is 14.7. The summed E-state index contributed by atoms with van der Waals surface area (Å²) in [6.45, 7) is 9.02. The Morgan fingerprint density at radius 2 is 1.24 bits per heavy atom. The van der Waals surface area contributed by atoms with Crippen LogP contribution in [0.1, 0.15) is 118 Å². The summed E-state index contributed by atoms with van der Waals surface area (Å²) in [6, 6.07) is 15.5. The van der Waals surface area contributed by atoms with Crippen molar-refractivity contribution in [2.24, 2.45) is 11.7 Å². The third-order valence-electron chi connectivity index (χ3n) is 13.3. The molecule has 7 aromatic heterocycles. The molecule has 0 radical (unpaired) electrons. The van der Waals surface area contributed by atoms with Gasteiger partial charge in [0.1, 0.15) is 87.4 Å². The Morgan fingerprint density at radius 3 is 1.98 bits per heavy atom. The highest BCUT2D eigenvalue weighted by molar-refractivity contribution is 7.15. The Kier molecular flexibility index (Phi) is 17.6. The second kappa shape index (κ2) is 25.4. The fourth-order valence-corrected chi connectivity index (χ4v) is 13.9. The van der Waals surface area contributed by atoms with E-state index in [2.05, 4.69) is 43.1 Å². The van der Waals surface area contributed by atoms with Gasteiger partial charge < -0.3 is 42.5 Å². The number of carboxylic acid groups (broad SMARTS) is 1. The maximum absolute atomic E-state index is 14.7. The van der Waals surface area contributed by atoms with Crippen molar-refractivity contribution in [1.29, 1.82) is 0 Å². The number of aromatic hydroxyl groups is 1. The third kappa shape index (κ3) is 13.3. The van der Waals surface area contributed by atoms with Crippen molar-refractivity contribution >= 4 is 109 Å². The molecule has 1 aliphatic heterocycles. The number of nitrogens with two attached hydrogens (primary N) is 1. The van der Waals surface area contributed by atoms with Crippen LogP contribution in [-0.4, -0.2) is 92.6 Å². The average Bonchev–Trinajstić information content (AvgIpc) is 4.43. The van der Waals surface area contributed by atoms with Crippen LogP contribution >= 0.6 is 68.0 Å². The molecule has 428 valence electrons. The number of carbonyl (C=O) groups excluding carboxylic acids is 6. The number of primary amides is 1. The van der Waals surface area contributed by atoms with Crippen molar-refractivity contribution in [1.82, 2.24) is 61.5 Å². The lowest BCUT2D eigenvalue weighted by atomic mass is 9.98. The van der Waals surface area contributed by atoms with E-state index < -0.39 is 71.3 Å². The normalized spacial score (nSPS) is 17.0. The van der Waals surface area contributed by atoms with E-state index in [-0.39, 0.29) is 58.7 Å². The van der Waals surface area contributed by atoms with Gasteiger partial charge in [0.15, 0.2) is 0 Å². The lowest BCUT2D eigenvalue weighted by molar-refractivity contribution is -0.133. The quantitative estimate of drug-likeness (QED) is 0.0532. The van der Waals surface area contributed by atoms with Gasteiger partial charge in [0.05, 0.1) is 30.2 Å². The van der Waals surface area contributed by atoms with Crippen LogP contribution in [0.25, 0.3) is 43.4 Å². The van der Waals surface area contributed by atoms with Gasteiger partial charge in [-0.15, -0.1) is 68.0 Å². The van der Waals surface area contributed by atoms with Crippen molar-refractivity contribution in [3.63, 3.8) is 0 Å². The molecule has 84 heavy (non-hydrogen) atoms. The van der Waals surface area contributed by atoms with Gasteiger partial charge in [-0.05, 0) is 54.7 Å². The first kappa shape index (κ1) is 58.4. The van der Waals surface area contributed by atoms with E-state index in [9.17, 15) is 43.8 Å². The smallest absolute Gasteiger partial charge is 0.351 e. The fraction of sp³-hybridized carbons (Fsp3) is 0.214. The molecule has 0 spiro atoms. The van der Waals surface area contributed by atoms with Crippen LogP contribution in [0.3, 0.4) is 0 Å². The SMILES string of the molecule is C=C(NC(=O)c1csc(-c2ccc3c(n2)-c2csc(n2)-c2csc(n2)C(C(C)CC)NC(=O)C(Cc2ccc(O)cc2)NC(=O)c2csc(n2)C(Cc2ccccc2)NC(=O)c2nc(sc2C)C(CC(N)=O)NC(=O)c2csc-3n2)n1)C(=O)O. The number of aryl methyl sites for hydroxylation is 1. The number of phenolic OH excluding ortho intramolecular Hbond substituents is 1. The Morgan fingerprint density at radius 1 is 0.631 bits per heavy atom. The number of nitrogens with one attached hydrogen (secondary N) is 5. The van der Waals surface area contributed by atoms with Gasteiger partial charge in [0, 0.05) is 43.8 Å². The molecule has 9 N–H and O–H groups in total. The summed E-state index contributed by atoms with van der Waals surface area (Å²) >= 11 is 7.08. The molecule has 9 aromatic rings. The molecule has 2 aromatic carbocycles. The lowest BCUT2D eigenvalue weighted by Crippen LogP contribution is -2.49. The molecule has 5 unspecified atom stereocenters. The number of amides is 6. The molecule has 0 saturated heterocycles. The van der Waals surface area contributed by atoms with Crippen LogP contribution in [0, 0.1) is 12.8 Å². The number of rotatable bonds is 12. The number of benzene rings is 2. The highest BCUT2D eigenvalue weighted by Gasteiger charge is 2.33. The van der Waals surface area contributed by atoms with Gasteiger partial charge in [-0.3, -0.25) is 28.8 Å². The molecular weight excluding hydrogens is 1190 g/mol. The summed E-state index contributed by atoms with van der Waals surface area (Å²) in [5.41, 5.74) is 8.65. The van der Waals surface area contributed by atoms with E-state index >= 15 is 0 Å². The molecule has 5 atom stereocenters. The van der Waals surface area contributed by atoms with E-state index in [1.54, 1.807) is 41.9 Å². The van der Waals surface area contributed by atoms with Gasteiger partial charge in [0.25, 0.3) is 23.6 Å². The molecule has 0 fully saturated rings. The van der Waals surface area contributed by atoms with Gasteiger partial charge >= 0.3 is 5.97 Å². The Balaban J connectivity index is 1.06. The minimum atomic E-state index is -1.41. The van der Waals surface area contributed by atoms with E-state index in [0.29, 0.717) is 70.2 Å². The number of hydrogen-bond acceptors (Lipinski definition) is 21. The number of aromatic nitrogens is 7. The third-order valence-corrected chi connectivity index (χ3v) is 18.9. The van der Waals surface area contributed by atoms with Crippen LogP contribution in [-0.2, 0) is 27.2 Å². The zero-order valence-electron chi connectivity index (χ0n) is 44.6. The number of carbonyl (C=O) groups is 7. The van der Waals surface area contributed by atoms with Crippen LogP contribution in [0.4, 0.5) is 0 Å². The molecule has 10 rings (SSSR count). The first-order valence-electron chi connectivity index (χ1n) is 25.7. The van der Waals surface area contributed by atoms with Gasteiger partial charge in [-0.25, -0.2) is 39.7 Å². The minimum absolute atomic E-state index is 0.00214. The van der Waals surface area contributed by atoms with Crippen molar-refractivity contribution < 1.29 is 43.8 Å². The molecule has 28 heteroatoms. The molecular formula is C56H49N13O9S6. The van der Waals surface area contributed by atoms with Gasteiger partial charge in [0.2, 0.25) is 11.8 Å². The highest BCUT2D eigenvalue weighted by Crippen LogP contribution is 2.39. The Labute approximate surface area is 502 Å².